The molecule has 0 amide bonds. The minimum atomic E-state index is 0.679. The Balaban J connectivity index is 3.00. The second-order valence-electron chi connectivity index (χ2n) is 3.38. The van der Waals surface area contributed by atoms with Gasteiger partial charge in [-0.25, -0.2) is 0 Å². The molecule has 0 unspecified atom stereocenters. The molecule has 0 fully saturated rings. The van der Waals surface area contributed by atoms with Gasteiger partial charge in [0, 0.05) is 0 Å². The summed E-state index contributed by atoms with van der Waals surface area (Å²) in [5, 5.41) is 0.851. The first-order valence-electron chi connectivity index (χ1n) is 5.48. The standard InChI is InChI=1S/C12H16ClNSe.K/c1-3-14(4-2)12(15)9-10-7-5-6-8-11(10)13;/h5-9,15H,3-4H2,1-2H3;/q;+1/p-1. The molecule has 0 aliphatic heterocycles. The van der Waals surface area contributed by atoms with Crippen LogP contribution in [0.1, 0.15) is 19.4 Å². The maximum absolute atomic E-state index is 6.18. The Bertz CT molecular complexity index is 364. The van der Waals surface area contributed by atoms with Crippen LogP contribution < -0.4 is 0 Å². The second-order valence-corrected chi connectivity index (χ2v) is 8.83. The Hall–Kier alpha value is 1.21. The molecule has 0 spiro atoms. The number of rotatable bonds is 5. The van der Waals surface area contributed by atoms with Gasteiger partial charge in [-0.1, -0.05) is 0 Å². The molecule has 0 saturated carbocycles. The number of halogens is 1. The Morgan fingerprint density at radius 1 is 1.38 bits per heavy atom. The van der Waals surface area contributed by atoms with Gasteiger partial charge < -0.3 is 0 Å². The third-order valence-electron chi connectivity index (χ3n) is 2.47. The van der Waals surface area contributed by atoms with Crippen LogP contribution in [0.25, 0.3) is 6.08 Å². The van der Waals surface area contributed by atoms with Crippen molar-refractivity contribution < 1.29 is 0 Å². The van der Waals surface area contributed by atoms with Crippen LogP contribution >= 0.6 is 11.6 Å². The van der Waals surface area contributed by atoms with Gasteiger partial charge in [0.25, 0.3) is 0 Å². The van der Waals surface area contributed by atoms with E-state index < -0.39 is 0 Å². The molecule has 0 radical (unpaired) electrons. The first-order valence-corrected chi connectivity index (χ1v) is 15.0. The van der Waals surface area contributed by atoms with E-state index in [-0.39, 0.29) is 0 Å². The molecule has 82 valence electrons. The van der Waals surface area contributed by atoms with Crippen LogP contribution in [0, 0.1) is 0 Å². The number of hydrogen-bond acceptors (Lipinski definition) is 1. The molecule has 0 aliphatic carbocycles. The van der Waals surface area contributed by atoms with Crippen molar-refractivity contribution in [2.75, 3.05) is 13.1 Å². The van der Waals surface area contributed by atoms with E-state index in [1.165, 1.54) is 4.60 Å². The van der Waals surface area contributed by atoms with Crippen LogP contribution in [-0.2, 0) is 0 Å². The van der Waals surface area contributed by atoms with E-state index in [0.29, 0.717) is 5.60 Å². The number of nitrogens with zero attached hydrogens (tertiary/aromatic N) is 1. The monoisotopic (exact) mass is 327 g/mol. The fourth-order valence-electron chi connectivity index (χ4n) is 1.54. The van der Waals surface area contributed by atoms with Crippen molar-refractivity contribution in [1.29, 1.82) is 0 Å². The molecule has 0 atom stereocenters. The van der Waals surface area contributed by atoms with Crippen molar-refractivity contribution in [3.63, 3.8) is 0 Å². The molecule has 0 N–H and O–H groups in total. The summed E-state index contributed by atoms with van der Waals surface area (Å²) in [6.07, 6.45) is 2.26. The zero-order valence-electron chi connectivity index (χ0n) is 10.0. The van der Waals surface area contributed by atoms with Gasteiger partial charge in [0.15, 0.2) is 0 Å². The van der Waals surface area contributed by atoms with Crippen molar-refractivity contribution in [2.24, 2.45) is 0 Å². The van der Waals surface area contributed by atoms with E-state index in [2.05, 4.69) is 30.9 Å². The van der Waals surface area contributed by atoms with Crippen molar-refractivity contribution in [3.05, 3.63) is 39.4 Å². The Morgan fingerprint density at radius 3 is 2.50 bits per heavy atom. The average Bonchev–Trinajstić information content (AvgIpc) is 2.31. The predicted molar refractivity (Wildman–Crippen MR) is 73.9 cm³/mol. The van der Waals surface area contributed by atoms with Crippen LogP contribution in [0.5, 0.6) is 0 Å². The molecule has 0 aromatic heterocycles. The fourth-order valence-corrected chi connectivity index (χ4v) is 6.38. The summed E-state index contributed by atoms with van der Waals surface area (Å²) in [4.78, 5) is 2.44. The molecule has 1 rings (SSSR count). The summed E-state index contributed by atoms with van der Waals surface area (Å²) in [6, 6.07) is 8.06. The molecule has 1 nitrogen and oxygen atoms in total. The number of hydrogen-bond donors (Lipinski definition) is 0. The third-order valence-corrected chi connectivity index (χ3v) is 7.87. The quantitative estimate of drug-likeness (QED) is 0.752. The van der Waals surface area contributed by atoms with E-state index in [9.17, 15) is 0 Å². The molecule has 0 bridgehead atoms. The summed E-state index contributed by atoms with van der Waals surface area (Å²) >= 11 is 7.07. The van der Waals surface area contributed by atoms with E-state index in [0.717, 1.165) is 69.1 Å². The van der Waals surface area contributed by atoms with E-state index in [4.69, 9.17) is 11.6 Å². The second kappa shape index (κ2) is 8.33. The van der Waals surface area contributed by atoms with Crippen molar-refractivity contribution in [3.8, 4) is 0 Å². The zero-order valence-corrected chi connectivity index (χ0v) is 15.6. The van der Waals surface area contributed by atoms with Gasteiger partial charge >= 0.3 is 140 Å². The molecule has 0 heterocycles. The van der Waals surface area contributed by atoms with Crippen molar-refractivity contribution in [1.82, 2.24) is 4.90 Å². The topological polar surface area (TPSA) is 3.24 Å². The molecule has 1 aromatic rings. The molecule has 0 aliphatic rings. The van der Waals surface area contributed by atoms with Gasteiger partial charge in [-0.15, -0.1) is 0 Å². The molecular formula is C12H15ClKNSe. The van der Waals surface area contributed by atoms with Crippen molar-refractivity contribution >= 4 is 68.7 Å². The summed E-state index contributed by atoms with van der Waals surface area (Å²) in [5.41, 5.74) is 1.83. The Kier molecular flexibility index (Phi) is 7.95. The molecule has 4 heteroatoms. The van der Waals surface area contributed by atoms with Gasteiger partial charge in [-0.2, -0.15) is 0 Å². The molecular weight excluding hydrogens is 312 g/mol. The van der Waals surface area contributed by atoms with Crippen LogP contribution in [0.2, 0.25) is 5.02 Å². The summed E-state index contributed by atoms with van der Waals surface area (Å²) in [6.45, 7) is 6.60. The Morgan fingerprint density at radius 2 is 2.00 bits per heavy atom. The summed E-state index contributed by atoms with van der Waals surface area (Å²) in [5.74, 6) is 0. The van der Waals surface area contributed by atoms with Crippen LogP contribution in [0.4, 0.5) is 0 Å². The third kappa shape index (κ3) is 4.47. The van der Waals surface area contributed by atoms with Gasteiger partial charge in [-0.05, 0) is 0 Å². The normalized spacial score (nSPS) is 11.7. The van der Waals surface area contributed by atoms with Gasteiger partial charge in [0.2, 0.25) is 0 Å². The van der Waals surface area contributed by atoms with Gasteiger partial charge in [-0.3, -0.25) is 0 Å². The van der Waals surface area contributed by atoms with Crippen LogP contribution in [-0.4, -0.2) is 69.0 Å². The number of benzene rings is 1. The van der Waals surface area contributed by atoms with Gasteiger partial charge in [0.1, 0.15) is 0 Å². The molecule has 0 saturated heterocycles. The summed E-state index contributed by atoms with van der Waals surface area (Å²) in [7, 11) is 0. The molecule has 16 heavy (non-hydrogen) atoms. The zero-order chi connectivity index (χ0) is 12.0. The molecule has 1 aromatic carbocycles. The minimum absolute atomic E-state index is 0.679. The van der Waals surface area contributed by atoms with Gasteiger partial charge in [0.05, 0.1) is 0 Å². The fraction of sp³-hybridized carbons (Fsp3) is 0.333. The summed E-state index contributed by atoms with van der Waals surface area (Å²) < 4.78 is 1.49. The van der Waals surface area contributed by atoms with Crippen LogP contribution in [0.15, 0.2) is 28.9 Å². The van der Waals surface area contributed by atoms with E-state index >= 15 is 0 Å². The average molecular weight is 327 g/mol. The Labute approximate surface area is 137 Å². The van der Waals surface area contributed by atoms with E-state index in [1.807, 2.05) is 18.2 Å². The maximum atomic E-state index is 6.18. The first-order chi connectivity index (χ1) is 7.72. The SMILES string of the molecule is CCN(CC)C(=Cc1ccccc1Cl)[Se][K]. The van der Waals surface area contributed by atoms with Crippen molar-refractivity contribution in [2.45, 2.75) is 13.8 Å². The first kappa shape index (κ1) is 15.3. The predicted octanol–water partition coefficient (Wildman–Crippen LogP) is 2.77. The van der Waals surface area contributed by atoms with E-state index in [1.54, 1.807) is 0 Å². The van der Waals surface area contributed by atoms with Crippen LogP contribution in [0.3, 0.4) is 0 Å².